The van der Waals surface area contributed by atoms with Crippen molar-refractivity contribution in [1.82, 2.24) is 25.3 Å². The highest BCUT2D eigenvalue weighted by Crippen LogP contribution is 2.59. The molecular weight excluding hydrogens is 440 g/mol. The molecule has 2 spiro atoms. The standard InChI is InChI=1S/C23H36N6O5/c1-4-5-10-28-18(31)16(17(24)25-2)19(32)29(21(28)34)14-6-8-22(9-7-14)12-23(13-22)11-15(30)27(3)20(33)26-23/h14,19,25,32H,4-13,24H2,1-3H3,(H,26,33)/b17-16+. The first-order valence-electron chi connectivity index (χ1n) is 12.2. The number of aliphatic hydroxyl groups excluding tert-OH is 1. The number of aliphatic hydroxyl groups is 1. The number of rotatable bonds is 5. The molecule has 2 aliphatic heterocycles. The van der Waals surface area contributed by atoms with Crippen LogP contribution < -0.4 is 16.4 Å². The van der Waals surface area contributed by atoms with E-state index in [2.05, 4.69) is 10.6 Å². The van der Waals surface area contributed by atoms with Crippen LogP contribution in [0.4, 0.5) is 9.59 Å². The molecule has 0 radical (unpaired) electrons. The molecule has 0 aromatic rings. The first kappa shape index (κ1) is 24.3. The minimum Gasteiger partial charge on any atom is -0.385 e. The molecule has 4 rings (SSSR count). The van der Waals surface area contributed by atoms with Gasteiger partial charge in [-0.05, 0) is 50.4 Å². The molecule has 0 bridgehead atoms. The number of hydrogen-bond acceptors (Lipinski definition) is 7. The fourth-order valence-electron chi connectivity index (χ4n) is 6.30. The molecule has 6 amide bonds. The number of nitrogens with zero attached hydrogens (tertiary/aromatic N) is 3. The fourth-order valence-corrected chi connectivity index (χ4v) is 6.30. The Labute approximate surface area is 199 Å². The molecular formula is C23H36N6O5. The Hall–Kier alpha value is -2.82. The molecule has 11 nitrogen and oxygen atoms in total. The third kappa shape index (κ3) is 3.89. The molecule has 2 saturated carbocycles. The molecule has 2 saturated heterocycles. The van der Waals surface area contributed by atoms with Crippen LogP contribution in [0.5, 0.6) is 0 Å². The zero-order valence-corrected chi connectivity index (χ0v) is 20.2. The summed E-state index contributed by atoms with van der Waals surface area (Å²) >= 11 is 0. The van der Waals surface area contributed by atoms with Crippen LogP contribution in [0.1, 0.15) is 64.7 Å². The lowest BCUT2D eigenvalue weighted by atomic mass is 9.50. The van der Waals surface area contributed by atoms with Crippen molar-refractivity contribution in [2.75, 3.05) is 20.6 Å². The van der Waals surface area contributed by atoms with Gasteiger partial charge in [-0.25, -0.2) is 9.59 Å². The number of imide groups is 2. The first-order valence-corrected chi connectivity index (χ1v) is 12.2. The van der Waals surface area contributed by atoms with Gasteiger partial charge in [-0.15, -0.1) is 0 Å². The highest BCUT2D eigenvalue weighted by molar-refractivity contribution is 6.07. The first-order chi connectivity index (χ1) is 16.1. The predicted octanol–water partition coefficient (Wildman–Crippen LogP) is 0.792. The number of carbonyl (C=O) groups excluding carboxylic acids is 4. The Morgan fingerprint density at radius 1 is 1.21 bits per heavy atom. The van der Waals surface area contributed by atoms with Gasteiger partial charge in [-0.3, -0.25) is 24.3 Å². The van der Waals surface area contributed by atoms with Crippen LogP contribution in [0.15, 0.2) is 11.4 Å². The Morgan fingerprint density at radius 3 is 2.41 bits per heavy atom. The number of unbranched alkanes of at least 4 members (excludes halogenated alkanes) is 1. The molecule has 1 unspecified atom stereocenters. The topological polar surface area (TPSA) is 148 Å². The van der Waals surface area contributed by atoms with E-state index in [1.165, 1.54) is 16.8 Å². The van der Waals surface area contributed by atoms with Gasteiger partial charge in [0.25, 0.3) is 5.91 Å². The maximum atomic E-state index is 13.3. The highest BCUT2D eigenvalue weighted by Gasteiger charge is 2.59. The van der Waals surface area contributed by atoms with Gasteiger partial charge in [0.05, 0.1) is 12.0 Å². The van der Waals surface area contributed by atoms with E-state index < -0.39 is 23.7 Å². The second kappa shape index (κ2) is 8.75. The number of urea groups is 2. The smallest absolute Gasteiger partial charge is 0.329 e. The Bertz CT molecular complexity index is 897. The molecule has 11 heteroatoms. The Kier molecular flexibility index (Phi) is 6.26. The van der Waals surface area contributed by atoms with Crippen molar-refractivity contribution in [2.24, 2.45) is 11.1 Å². The predicted molar refractivity (Wildman–Crippen MR) is 123 cm³/mol. The number of nitrogens with one attached hydrogen (secondary N) is 2. The molecule has 4 aliphatic rings. The van der Waals surface area contributed by atoms with Gasteiger partial charge in [0.15, 0.2) is 6.23 Å². The lowest BCUT2D eigenvalue weighted by Gasteiger charge is -2.61. The number of hydrogen-bond donors (Lipinski definition) is 4. The molecule has 2 aliphatic carbocycles. The van der Waals surface area contributed by atoms with Crippen molar-refractivity contribution in [3.63, 3.8) is 0 Å². The average Bonchev–Trinajstić information content (AvgIpc) is 2.77. The largest absolute Gasteiger partial charge is 0.385 e. The lowest BCUT2D eigenvalue weighted by Crippen LogP contribution is -2.70. The minimum absolute atomic E-state index is 0.00800. The van der Waals surface area contributed by atoms with Crippen LogP contribution in [0.2, 0.25) is 0 Å². The van der Waals surface area contributed by atoms with Crippen LogP contribution in [0.25, 0.3) is 0 Å². The van der Waals surface area contributed by atoms with E-state index in [-0.39, 0.29) is 41.3 Å². The van der Waals surface area contributed by atoms with Crippen LogP contribution in [-0.4, -0.2) is 82.1 Å². The Balaban J connectivity index is 1.47. The number of amides is 6. The van der Waals surface area contributed by atoms with Gasteiger partial charge >= 0.3 is 12.1 Å². The molecule has 0 aromatic heterocycles. The van der Waals surface area contributed by atoms with E-state index in [0.29, 0.717) is 25.7 Å². The maximum absolute atomic E-state index is 13.3. The lowest BCUT2D eigenvalue weighted by molar-refractivity contribution is -0.139. The normalized spacial score (nSPS) is 35.6. The van der Waals surface area contributed by atoms with Crippen molar-refractivity contribution >= 4 is 23.9 Å². The summed E-state index contributed by atoms with van der Waals surface area (Å²) in [6, 6.07) is -1.05. The van der Waals surface area contributed by atoms with Crippen LogP contribution >= 0.6 is 0 Å². The number of nitrogens with two attached hydrogens (primary N) is 1. The van der Waals surface area contributed by atoms with Crippen molar-refractivity contribution in [1.29, 1.82) is 0 Å². The summed E-state index contributed by atoms with van der Waals surface area (Å²) in [6.45, 7) is 2.26. The van der Waals surface area contributed by atoms with Gasteiger partial charge in [0.1, 0.15) is 11.4 Å². The SMILES string of the molecule is CCCCN1C(=O)/C(=C(/N)NC)C(O)N(C2CCC3(CC2)CC2(CC(=O)N(C)C(=O)N2)C3)C1=O. The van der Waals surface area contributed by atoms with Gasteiger partial charge in [-0.2, -0.15) is 0 Å². The zero-order valence-electron chi connectivity index (χ0n) is 20.2. The number of carbonyl (C=O) groups is 4. The van der Waals surface area contributed by atoms with Crippen molar-refractivity contribution < 1.29 is 24.3 Å². The van der Waals surface area contributed by atoms with E-state index in [1.807, 2.05) is 6.92 Å². The molecule has 34 heavy (non-hydrogen) atoms. The summed E-state index contributed by atoms with van der Waals surface area (Å²) in [5.41, 5.74) is 5.56. The quantitative estimate of drug-likeness (QED) is 0.429. The molecule has 5 N–H and O–H groups in total. The van der Waals surface area contributed by atoms with Crippen molar-refractivity contribution in [3.8, 4) is 0 Å². The minimum atomic E-state index is -1.40. The van der Waals surface area contributed by atoms with Gasteiger partial charge in [-0.1, -0.05) is 13.3 Å². The summed E-state index contributed by atoms with van der Waals surface area (Å²) < 4.78 is 0. The van der Waals surface area contributed by atoms with E-state index in [9.17, 15) is 24.3 Å². The van der Waals surface area contributed by atoms with Crippen LogP contribution in [-0.2, 0) is 9.59 Å². The van der Waals surface area contributed by atoms with E-state index in [4.69, 9.17) is 5.73 Å². The Morgan fingerprint density at radius 2 is 1.85 bits per heavy atom. The van der Waals surface area contributed by atoms with Gasteiger partial charge in [0.2, 0.25) is 5.91 Å². The molecule has 188 valence electrons. The summed E-state index contributed by atoms with van der Waals surface area (Å²) in [7, 11) is 3.06. The van der Waals surface area contributed by atoms with Crippen LogP contribution in [0, 0.1) is 5.41 Å². The molecule has 2 heterocycles. The average molecular weight is 477 g/mol. The second-order valence-electron chi connectivity index (χ2n) is 10.4. The zero-order chi connectivity index (χ0) is 24.8. The third-order valence-electron chi connectivity index (χ3n) is 8.12. The van der Waals surface area contributed by atoms with Crippen molar-refractivity contribution in [3.05, 3.63) is 11.4 Å². The summed E-state index contributed by atoms with van der Waals surface area (Å²) in [5, 5.41) is 16.8. The monoisotopic (exact) mass is 476 g/mol. The maximum Gasteiger partial charge on any atom is 0.329 e. The van der Waals surface area contributed by atoms with Crippen molar-refractivity contribution in [2.45, 2.75) is 82.5 Å². The molecule has 0 aromatic carbocycles. The van der Waals surface area contributed by atoms with E-state index in [0.717, 1.165) is 37.0 Å². The summed E-state index contributed by atoms with van der Waals surface area (Å²) in [6.07, 6.45) is 4.87. The van der Waals surface area contributed by atoms with E-state index >= 15 is 0 Å². The van der Waals surface area contributed by atoms with Gasteiger partial charge < -0.3 is 21.5 Å². The van der Waals surface area contributed by atoms with Gasteiger partial charge in [0, 0.05) is 26.7 Å². The molecule has 4 fully saturated rings. The fraction of sp³-hybridized carbons (Fsp3) is 0.739. The third-order valence-corrected chi connectivity index (χ3v) is 8.12. The van der Waals surface area contributed by atoms with E-state index in [1.54, 1.807) is 7.05 Å². The second-order valence-corrected chi connectivity index (χ2v) is 10.4. The van der Waals surface area contributed by atoms with Crippen LogP contribution in [0.3, 0.4) is 0 Å². The molecule has 1 atom stereocenters. The summed E-state index contributed by atoms with van der Waals surface area (Å²) in [5.74, 6) is -0.648. The highest BCUT2D eigenvalue weighted by atomic mass is 16.3. The summed E-state index contributed by atoms with van der Waals surface area (Å²) in [4.78, 5) is 54.3.